The zero-order valence-electron chi connectivity index (χ0n) is 14.4. The Morgan fingerprint density at radius 3 is 1.88 bits per heavy atom. The molecule has 1 aliphatic rings. The molecule has 0 unspecified atom stereocenters. The monoisotopic (exact) mass is 411 g/mol. The number of anilines is 1. The van der Waals surface area contributed by atoms with Crippen LogP contribution >= 0.6 is 23.8 Å². The quantitative estimate of drug-likeness (QED) is 0.332. The molecule has 10 heteroatoms. The molecular formula is C16H18ClF4N3OS. The Hall–Kier alpha value is -1.61. The number of nitrogens with one attached hydrogen (secondary N) is 1. The van der Waals surface area contributed by atoms with Crippen molar-refractivity contribution in [3.8, 4) is 0 Å². The van der Waals surface area contributed by atoms with E-state index in [4.69, 9.17) is 23.8 Å². The maximum atomic E-state index is 14.0. The summed E-state index contributed by atoms with van der Waals surface area (Å²) in [4.78, 5) is 14.8. The van der Waals surface area contributed by atoms with Crippen LogP contribution in [0.3, 0.4) is 0 Å². The van der Waals surface area contributed by atoms with Crippen LogP contribution in [0.4, 0.5) is 23.2 Å². The first kappa shape index (κ1) is 20.7. The highest BCUT2D eigenvalue weighted by molar-refractivity contribution is 7.80. The number of carbonyl (C=O) groups excluding carboxylic acids is 1. The van der Waals surface area contributed by atoms with Gasteiger partial charge in [-0.05, 0) is 12.2 Å². The van der Waals surface area contributed by atoms with Gasteiger partial charge in [0.25, 0.3) is 0 Å². The van der Waals surface area contributed by atoms with E-state index in [-0.39, 0.29) is 37.2 Å². The molecular weight excluding hydrogens is 394 g/mol. The molecule has 1 aromatic carbocycles. The summed E-state index contributed by atoms with van der Waals surface area (Å²) < 4.78 is 55.3. The fourth-order valence-corrected chi connectivity index (χ4v) is 2.81. The SMILES string of the molecule is CC(C)(C)C(=O)NC(=S)N1CCN(c2c(F)c(F)c(Cl)c(F)c2F)CC1. The van der Waals surface area contributed by atoms with Crippen molar-refractivity contribution in [3.05, 3.63) is 28.3 Å². The average molecular weight is 412 g/mol. The van der Waals surface area contributed by atoms with Crippen molar-refractivity contribution >= 4 is 40.5 Å². The summed E-state index contributed by atoms with van der Waals surface area (Å²) in [6, 6.07) is 0. The summed E-state index contributed by atoms with van der Waals surface area (Å²) >= 11 is 10.4. The third-order valence-corrected chi connectivity index (χ3v) is 4.66. The topological polar surface area (TPSA) is 35.6 Å². The standard InChI is InChI=1S/C16H18ClF4N3OS/c1-16(2,3)14(25)22-15(26)24-6-4-23(5-7-24)13-11(20)9(18)8(17)10(19)12(13)21/h4-7H2,1-3H3,(H,22,25,26). The average Bonchev–Trinajstić information content (AvgIpc) is 2.58. The Morgan fingerprint density at radius 2 is 1.46 bits per heavy atom. The lowest BCUT2D eigenvalue weighted by Gasteiger charge is -2.37. The summed E-state index contributed by atoms with van der Waals surface area (Å²) in [6.45, 7) is 5.75. The first-order chi connectivity index (χ1) is 11.9. The first-order valence-corrected chi connectivity index (χ1v) is 8.60. The van der Waals surface area contributed by atoms with Gasteiger partial charge in [0.2, 0.25) is 5.91 Å². The first-order valence-electron chi connectivity index (χ1n) is 7.82. The van der Waals surface area contributed by atoms with Crippen molar-refractivity contribution in [2.45, 2.75) is 20.8 Å². The lowest BCUT2D eigenvalue weighted by Crippen LogP contribution is -2.54. The molecule has 1 heterocycles. The van der Waals surface area contributed by atoms with Crippen LogP contribution in [0.25, 0.3) is 0 Å². The van der Waals surface area contributed by atoms with Crippen molar-refractivity contribution in [2.75, 3.05) is 31.1 Å². The summed E-state index contributed by atoms with van der Waals surface area (Å²) in [5.74, 6) is -6.59. The minimum Gasteiger partial charge on any atom is -0.363 e. The lowest BCUT2D eigenvalue weighted by molar-refractivity contribution is -0.127. The van der Waals surface area contributed by atoms with Gasteiger partial charge in [0, 0.05) is 31.6 Å². The molecule has 4 nitrogen and oxygen atoms in total. The number of thiocarbonyl (C=S) groups is 1. The molecule has 1 fully saturated rings. The number of rotatable bonds is 1. The molecule has 1 saturated heterocycles. The largest absolute Gasteiger partial charge is 0.363 e. The Morgan fingerprint density at radius 1 is 1.00 bits per heavy atom. The number of amides is 1. The van der Waals surface area contributed by atoms with E-state index < -0.39 is 39.4 Å². The molecule has 1 aromatic rings. The van der Waals surface area contributed by atoms with Crippen LogP contribution < -0.4 is 10.2 Å². The van der Waals surface area contributed by atoms with Gasteiger partial charge in [0.05, 0.1) is 0 Å². The van der Waals surface area contributed by atoms with E-state index >= 15 is 0 Å². The van der Waals surface area contributed by atoms with E-state index in [0.29, 0.717) is 0 Å². The van der Waals surface area contributed by atoms with Crippen molar-refractivity contribution in [3.63, 3.8) is 0 Å². The molecule has 1 aliphatic heterocycles. The van der Waals surface area contributed by atoms with Crippen LogP contribution in [0.1, 0.15) is 20.8 Å². The fourth-order valence-electron chi connectivity index (χ4n) is 2.37. The van der Waals surface area contributed by atoms with Gasteiger partial charge in [-0.15, -0.1) is 0 Å². The van der Waals surface area contributed by atoms with Crippen LogP contribution in [0.5, 0.6) is 0 Å². The van der Waals surface area contributed by atoms with Crippen LogP contribution in [-0.4, -0.2) is 42.1 Å². The number of hydrogen-bond acceptors (Lipinski definition) is 3. The van der Waals surface area contributed by atoms with Gasteiger partial charge in [0.1, 0.15) is 10.7 Å². The fraction of sp³-hybridized carbons (Fsp3) is 0.500. The molecule has 144 valence electrons. The molecule has 26 heavy (non-hydrogen) atoms. The number of piperazine rings is 1. The minimum atomic E-state index is -1.63. The number of nitrogens with zero attached hydrogens (tertiary/aromatic N) is 2. The van der Waals surface area contributed by atoms with Crippen LogP contribution in [0.2, 0.25) is 5.02 Å². The van der Waals surface area contributed by atoms with E-state index in [2.05, 4.69) is 5.32 Å². The van der Waals surface area contributed by atoms with Crippen molar-refractivity contribution in [1.82, 2.24) is 10.2 Å². The van der Waals surface area contributed by atoms with Crippen LogP contribution in [0, 0.1) is 28.7 Å². The van der Waals surface area contributed by atoms with E-state index in [1.165, 1.54) is 4.90 Å². The second-order valence-electron chi connectivity index (χ2n) is 6.90. The molecule has 2 rings (SSSR count). The van der Waals surface area contributed by atoms with E-state index in [1.807, 2.05) is 0 Å². The number of hydrogen-bond donors (Lipinski definition) is 1. The molecule has 0 aromatic heterocycles. The van der Waals surface area contributed by atoms with Gasteiger partial charge >= 0.3 is 0 Å². The molecule has 0 spiro atoms. The maximum Gasteiger partial charge on any atom is 0.231 e. The summed E-state index contributed by atoms with van der Waals surface area (Å²) in [5, 5.41) is 1.59. The minimum absolute atomic E-state index is 0.0554. The predicted molar refractivity (Wildman–Crippen MR) is 95.3 cm³/mol. The molecule has 0 aliphatic carbocycles. The van der Waals surface area contributed by atoms with Gasteiger partial charge in [-0.2, -0.15) is 0 Å². The maximum absolute atomic E-state index is 14.0. The predicted octanol–water partition coefficient (Wildman–Crippen LogP) is 3.47. The highest BCUT2D eigenvalue weighted by Gasteiger charge is 2.31. The lowest BCUT2D eigenvalue weighted by atomic mass is 9.96. The second kappa shape index (κ2) is 7.56. The number of carbonyl (C=O) groups is 1. The third-order valence-electron chi connectivity index (χ3n) is 3.97. The van der Waals surface area contributed by atoms with Crippen LogP contribution in [0.15, 0.2) is 0 Å². The van der Waals surface area contributed by atoms with Gasteiger partial charge < -0.3 is 15.1 Å². The number of halogens is 5. The van der Waals surface area contributed by atoms with E-state index in [0.717, 1.165) is 0 Å². The highest BCUT2D eigenvalue weighted by Crippen LogP contribution is 2.33. The smallest absolute Gasteiger partial charge is 0.231 e. The second-order valence-corrected chi connectivity index (χ2v) is 7.67. The van der Waals surface area contributed by atoms with Gasteiger partial charge in [-0.3, -0.25) is 4.79 Å². The summed E-state index contributed by atoms with van der Waals surface area (Å²) in [6.07, 6.45) is 0. The van der Waals surface area contributed by atoms with Gasteiger partial charge in [-0.25, -0.2) is 17.6 Å². The zero-order valence-corrected chi connectivity index (χ0v) is 16.0. The van der Waals surface area contributed by atoms with Crippen molar-refractivity contribution in [2.24, 2.45) is 5.41 Å². The molecule has 1 N–H and O–H groups in total. The summed E-state index contributed by atoms with van der Waals surface area (Å²) in [7, 11) is 0. The van der Waals surface area contributed by atoms with E-state index in [9.17, 15) is 22.4 Å². The zero-order chi connectivity index (χ0) is 19.8. The molecule has 1 amide bonds. The van der Waals surface area contributed by atoms with E-state index in [1.54, 1.807) is 25.7 Å². The molecule has 0 saturated carbocycles. The number of benzene rings is 1. The van der Waals surface area contributed by atoms with Gasteiger partial charge in [0.15, 0.2) is 28.4 Å². The van der Waals surface area contributed by atoms with Crippen LogP contribution in [-0.2, 0) is 4.79 Å². The van der Waals surface area contributed by atoms with Crippen molar-refractivity contribution < 1.29 is 22.4 Å². The Kier molecular flexibility index (Phi) is 6.02. The normalized spacial score (nSPS) is 15.2. The summed E-state index contributed by atoms with van der Waals surface area (Å²) in [5.41, 5.74) is -1.43. The van der Waals surface area contributed by atoms with Gasteiger partial charge in [-0.1, -0.05) is 32.4 Å². The third kappa shape index (κ3) is 4.03. The molecule has 0 radical (unpaired) electrons. The molecule has 0 bridgehead atoms. The van der Waals surface area contributed by atoms with Crippen molar-refractivity contribution in [1.29, 1.82) is 0 Å². The molecule has 0 atom stereocenters. The Bertz CT molecular complexity index is 717. The Labute approximate surface area is 159 Å². The highest BCUT2D eigenvalue weighted by atomic mass is 35.5. The Balaban J connectivity index is 2.10.